The highest BCUT2D eigenvalue weighted by atomic mass is 32.2. The van der Waals surface area contributed by atoms with Crippen LogP contribution in [0.4, 0.5) is 0 Å². The Balaban J connectivity index is 2.04. The van der Waals surface area contributed by atoms with Crippen LogP contribution >= 0.6 is 11.8 Å². The van der Waals surface area contributed by atoms with Crippen LogP contribution in [0.15, 0.2) is 23.1 Å². The molecule has 0 bridgehead atoms. The molecule has 1 nitrogen and oxygen atoms in total. The molecule has 2 heteroatoms. The average Bonchev–Trinajstić information content (AvgIpc) is 2.44. The van der Waals surface area contributed by atoms with E-state index in [9.17, 15) is 0 Å². The van der Waals surface area contributed by atoms with Gasteiger partial charge in [0.1, 0.15) is 0 Å². The fourth-order valence-corrected chi connectivity index (χ4v) is 4.85. The summed E-state index contributed by atoms with van der Waals surface area (Å²) in [5, 5.41) is 4.27. The van der Waals surface area contributed by atoms with Gasteiger partial charge in [-0.3, -0.25) is 0 Å². The molecule has 0 spiro atoms. The molecule has 0 aliphatic heterocycles. The van der Waals surface area contributed by atoms with E-state index in [0.29, 0.717) is 6.04 Å². The van der Waals surface area contributed by atoms with Crippen molar-refractivity contribution in [3.05, 3.63) is 29.3 Å². The normalized spacial score (nSPS) is 26.7. The Hall–Kier alpha value is -0.470. The van der Waals surface area contributed by atoms with E-state index >= 15 is 0 Å². The summed E-state index contributed by atoms with van der Waals surface area (Å²) in [4.78, 5) is 1.44. The largest absolute Gasteiger partial charge is 0.316 e. The first-order valence-corrected chi connectivity index (χ1v) is 8.93. The molecule has 1 aliphatic carbocycles. The van der Waals surface area contributed by atoms with Gasteiger partial charge in [-0.05, 0) is 69.3 Å². The van der Waals surface area contributed by atoms with Gasteiger partial charge >= 0.3 is 0 Å². The number of benzene rings is 1. The Labute approximate surface area is 128 Å². The van der Waals surface area contributed by atoms with Gasteiger partial charge in [-0.25, -0.2) is 0 Å². The smallest absolute Gasteiger partial charge is 0.0250 e. The van der Waals surface area contributed by atoms with Crippen LogP contribution in [0, 0.1) is 19.8 Å². The summed E-state index contributed by atoms with van der Waals surface area (Å²) < 4.78 is 0. The highest BCUT2D eigenvalue weighted by Crippen LogP contribution is 2.38. The summed E-state index contributed by atoms with van der Waals surface area (Å²) >= 11 is 2.09. The van der Waals surface area contributed by atoms with E-state index in [1.807, 2.05) is 0 Å². The van der Waals surface area contributed by atoms with Gasteiger partial charge in [0.2, 0.25) is 0 Å². The summed E-state index contributed by atoms with van der Waals surface area (Å²) in [6.45, 7) is 6.73. The molecule has 0 aromatic heterocycles. The Morgan fingerprint density at radius 1 is 1.20 bits per heavy atom. The topological polar surface area (TPSA) is 12.0 Å². The number of rotatable bonds is 5. The van der Waals surface area contributed by atoms with Crippen LogP contribution < -0.4 is 5.32 Å². The molecule has 112 valence electrons. The monoisotopic (exact) mass is 291 g/mol. The van der Waals surface area contributed by atoms with Gasteiger partial charge in [-0.1, -0.05) is 25.8 Å². The fraction of sp³-hybridized carbons (Fsp3) is 0.667. The summed E-state index contributed by atoms with van der Waals surface area (Å²) in [5.41, 5.74) is 2.81. The first-order valence-electron chi connectivity index (χ1n) is 8.05. The second-order valence-corrected chi connectivity index (χ2v) is 7.58. The Morgan fingerprint density at radius 3 is 2.65 bits per heavy atom. The molecule has 0 amide bonds. The molecule has 1 N–H and O–H groups in total. The van der Waals surface area contributed by atoms with E-state index in [0.717, 1.165) is 11.2 Å². The van der Waals surface area contributed by atoms with Crippen LogP contribution in [-0.4, -0.2) is 18.3 Å². The minimum atomic E-state index is 0.676. The zero-order valence-corrected chi connectivity index (χ0v) is 14.2. The Morgan fingerprint density at radius 2 is 2.00 bits per heavy atom. The van der Waals surface area contributed by atoms with Gasteiger partial charge < -0.3 is 5.32 Å². The van der Waals surface area contributed by atoms with Gasteiger partial charge in [0, 0.05) is 16.2 Å². The first-order chi connectivity index (χ1) is 9.63. The van der Waals surface area contributed by atoms with Crippen molar-refractivity contribution in [2.45, 2.75) is 69.1 Å². The first kappa shape index (κ1) is 15.9. The lowest BCUT2D eigenvalue weighted by Gasteiger charge is -2.35. The predicted octanol–water partition coefficient (Wildman–Crippen LogP) is 4.95. The SMILES string of the molecule is CCCC1CCC(NC)C(Sc2ccc(C)c(C)c2)C1. The van der Waals surface area contributed by atoms with Crippen molar-refractivity contribution >= 4 is 11.8 Å². The van der Waals surface area contributed by atoms with E-state index in [-0.39, 0.29) is 0 Å². The zero-order valence-electron chi connectivity index (χ0n) is 13.4. The van der Waals surface area contributed by atoms with Crippen molar-refractivity contribution in [1.29, 1.82) is 0 Å². The highest BCUT2D eigenvalue weighted by molar-refractivity contribution is 8.00. The maximum absolute atomic E-state index is 3.54. The third-order valence-electron chi connectivity index (χ3n) is 4.73. The molecule has 0 radical (unpaired) electrons. The van der Waals surface area contributed by atoms with Crippen LogP contribution in [-0.2, 0) is 0 Å². The molecular formula is C18H29NS. The van der Waals surface area contributed by atoms with Crippen LogP contribution in [0.1, 0.15) is 50.2 Å². The minimum Gasteiger partial charge on any atom is -0.316 e. The molecule has 0 saturated heterocycles. The van der Waals surface area contributed by atoms with Gasteiger partial charge in [0.05, 0.1) is 0 Å². The quantitative estimate of drug-likeness (QED) is 0.823. The number of hydrogen-bond donors (Lipinski definition) is 1. The van der Waals surface area contributed by atoms with Crippen molar-refractivity contribution in [3.8, 4) is 0 Å². The van der Waals surface area contributed by atoms with Crippen molar-refractivity contribution in [2.24, 2.45) is 5.92 Å². The van der Waals surface area contributed by atoms with E-state index in [1.165, 1.54) is 48.1 Å². The summed E-state index contributed by atoms with van der Waals surface area (Å²) in [5.74, 6) is 0.939. The molecule has 3 unspecified atom stereocenters. The summed E-state index contributed by atoms with van der Waals surface area (Å²) in [6, 6.07) is 7.59. The molecule has 1 aromatic rings. The predicted molar refractivity (Wildman–Crippen MR) is 90.7 cm³/mol. The number of nitrogens with one attached hydrogen (secondary N) is 1. The van der Waals surface area contributed by atoms with Crippen molar-refractivity contribution < 1.29 is 0 Å². The molecule has 0 heterocycles. The van der Waals surface area contributed by atoms with Crippen LogP contribution in [0.3, 0.4) is 0 Å². The maximum atomic E-state index is 3.54. The van der Waals surface area contributed by atoms with Gasteiger partial charge in [0.15, 0.2) is 0 Å². The second kappa shape index (κ2) is 7.51. The molecule has 2 rings (SSSR count). The van der Waals surface area contributed by atoms with Crippen LogP contribution in [0.5, 0.6) is 0 Å². The molecule has 1 aromatic carbocycles. The van der Waals surface area contributed by atoms with Crippen molar-refractivity contribution in [1.82, 2.24) is 5.32 Å². The molecule has 1 fully saturated rings. The van der Waals surface area contributed by atoms with Crippen molar-refractivity contribution in [3.63, 3.8) is 0 Å². The fourth-order valence-electron chi connectivity index (χ4n) is 3.30. The third-order valence-corrected chi connectivity index (χ3v) is 6.08. The van der Waals surface area contributed by atoms with E-state index < -0.39 is 0 Å². The van der Waals surface area contributed by atoms with Gasteiger partial charge in [-0.2, -0.15) is 0 Å². The summed E-state index contributed by atoms with van der Waals surface area (Å²) in [6.07, 6.45) is 6.85. The molecule has 20 heavy (non-hydrogen) atoms. The number of hydrogen-bond acceptors (Lipinski definition) is 2. The number of thioether (sulfide) groups is 1. The van der Waals surface area contributed by atoms with Gasteiger partial charge in [0.25, 0.3) is 0 Å². The standard InChI is InChI=1S/C18H29NS/c1-5-6-15-8-10-17(19-4)18(12-15)20-16-9-7-13(2)14(3)11-16/h7,9,11,15,17-19H,5-6,8,10,12H2,1-4H3. The van der Waals surface area contributed by atoms with E-state index in [1.54, 1.807) is 0 Å². The Kier molecular flexibility index (Phi) is 5.98. The van der Waals surface area contributed by atoms with Crippen molar-refractivity contribution in [2.75, 3.05) is 7.05 Å². The van der Waals surface area contributed by atoms with E-state index in [4.69, 9.17) is 0 Å². The second-order valence-electron chi connectivity index (χ2n) is 6.27. The zero-order chi connectivity index (χ0) is 14.5. The molecule has 1 aliphatic rings. The minimum absolute atomic E-state index is 0.676. The van der Waals surface area contributed by atoms with E-state index in [2.05, 4.69) is 63.1 Å². The molecular weight excluding hydrogens is 262 g/mol. The van der Waals surface area contributed by atoms with Crippen LogP contribution in [0.25, 0.3) is 0 Å². The Bertz CT molecular complexity index is 429. The van der Waals surface area contributed by atoms with Gasteiger partial charge in [-0.15, -0.1) is 11.8 Å². The lowest BCUT2D eigenvalue weighted by atomic mass is 9.83. The maximum Gasteiger partial charge on any atom is 0.0250 e. The third kappa shape index (κ3) is 4.02. The lowest BCUT2D eigenvalue weighted by molar-refractivity contribution is 0.295. The highest BCUT2D eigenvalue weighted by Gasteiger charge is 2.29. The lowest BCUT2D eigenvalue weighted by Crippen LogP contribution is -2.40. The average molecular weight is 292 g/mol. The molecule has 1 saturated carbocycles. The van der Waals surface area contributed by atoms with Crippen LogP contribution in [0.2, 0.25) is 0 Å². The number of aryl methyl sites for hydroxylation is 2. The summed E-state index contributed by atoms with van der Waals surface area (Å²) in [7, 11) is 2.12. The molecule has 3 atom stereocenters.